The topological polar surface area (TPSA) is 41.5 Å². The third kappa shape index (κ3) is 5.92. The van der Waals surface area contributed by atoms with E-state index in [1.54, 1.807) is 12.1 Å². The summed E-state index contributed by atoms with van der Waals surface area (Å²) in [6, 6.07) is 13.8. The smallest absolute Gasteiger partial charge is 0.123 e. The molecule has 2 aromatic carbocycles. The lowest BCUT2D eigenvalue weighted by Gasteiger charge is -2.18. The van der Waals surface area contributed by atoms with Crippen LogP contribution in [0.4, 0.5) is 4.39 Å². The van der Waals surface area contributed by atoms with Crippen LogP contribution in [0.1, 0.15) is 24.1 Å². The Hall–Kier alpha value is -1.46. The van der Waals surface area contributed by atoms with E-state index in [0.717, 1.165) is 11.1 Å². The van der Waals surface area contributed by atoms with Gasteiger partial charge in [-0.25, -0.2) is 4.39 Å². The van der Waals surface area contributed by atoms with Crippen molar-refractivity contribution in [2.24, 2.45) is 0 Å². The Bertz CT molecular complexity index is 606. The molecule has 3 nitrogen and oxygen atoms in total. The molecule has 5 heteroatoms. The van der Waals surface area contributed by atoms with E-state index >= 15 is 0 Å². The van der Waals surface area contributed by atoms with Gasteiger partial charge in [-0.15, -0.1) is 0 Å². The molecule has 2 unspecified atom stereocenters. The van der Waals surface area contributed by atoms with E-state index in [-0.39, 0.29) is 18.5 Å². The summed E-state index contributed by atoms with van der Waals surface area (Å²) in [5.74, 6) is -0.256. The highest BCUT2D eigenvalue weighted by molar-refractivity contribution is 6.31. The predicted octanol–water partition coefficient (Wildman–Crippen LogP) is 3.71. The van der Waals surface area contributed by atoms with Gasteiger partial charge in [0.05, 0.1) is 19.3 Å². The van der Waals surface area contributed by atoms with Crippen molar-refractivity contribution >= 4 is 11.6 Å². The van der Waals surface area contributed by atoms with Gasteiger partial charge in [0.15, 0.2) is 0 Å². The van der Waals surface area contributed by atoms with E-state index in [0.29, 0.717) is 18.2 Å². The zero-order chi connectivity index (χ0) is 16.7. The fourth-order valence-corrected chi connectivity index (χ4v) is 2.35. The van der Waals surface area contributed by atoms with Gasteiger partial charge in [0.1, 0.15) is 5.82 Å². The van der Waals surface area contributed by atoms with E-state index < -0.39 is 6.10 Å². The zero-order valence-electron chi connectivity index (χ0n) is 13.0. The van der Waals surface area contributed by atoms with Gasteiger partial charge >= 0.3 is 0 Å². The van der Waals surface area contributed by atoms with Crippen molar-refractivity contribution < 1.29 is 14.2 Å². The maximum Gasteiger partial charge on any atom is 0.123 e. The van der Waals surface area contributed by atoms with E-state index in [2.05, 4.69) is 5.32 Å². The van der Waals surface area contributed by atoms with Crippen molar-refractivity contribution in [2.45, 2.75) is 25.7 Å². The first-order valence-electron chi connectivity index (χ1n) is 7.54. The predicted molar refractivity (Wildman–Crippen MR) is 89.9 cm³/mol. The summed E-state index contributed by atoms with van der Waals surface area (Å²) in [5.41, 5.74) is 1.87. The number of hydrogen-bond acceptors (Lipinski definition) is 3. The largest absolute Gasteiger partial charge is 0.389 e. The van der Waals surface area contributed by atoms with Gasteiger partial charge in [0.2, 0.25) is 0 Å². The molecule has 124 valence electrons. The van der Waals surface area contributed by atoms with E-state index in [1.807, 2.05) is 31.2 Å². The molecule has 0 saturated heterocycles. The molecule has 0 bridgehead atoms. The summed E-state index contributed by atoms with van der Waals surface area (Å²) in [5, 5.41) is 13.8. The second kappa shape index (κ2) is 8.99. The van der Waals surface area contributed by atoms with Crippen LogP contribution in [-0.4, -0.2) is 24.4 Å². The summed E-state index contributed by atoms with van der Waals surface area (Å²) >= 11 is 6.04. The van der Waals surface area contributed by atoms with Crippen LogP contribution < -0.4 is 5.32 Å². The minimum atomic E-state index is -0.625. The molecule has 0 saturated carbocycles. The van der Waals surface area contributed by atoms with Crippen molar-refractivity contribution in [1.82, 2.24) is 5.32 Å². The molecule has 0 amide bonds. The minimum absolute atomic E-state index is 0.0221. The summed E-state index contributed by atoms with van der Waals surface area (Å²) in [7, 11) is 0. The number of halogens is 2. The first-order valence-corrected chi connectivity index (χ1v) is 7.92. The Labute approximate surface area is 141 Å². The Balaban J connectivity index is 1.69. The molecule has 0 aliphatic heterocycles. The van der Waals surface area contributed by atoms with Gasteiger partial charge in [-0.05, 0) is 36.2 Å². The summed E-state index contributed by atoms with van der Waals surface area (Å²) < 4.78 is 18.4. The number of hydrogen-bond donors (Lipinski definition) is 2. The second-order valence-electron chi connectivity index (χ2n) is 5.44. The monoisotopic (exact) mass is 337 g/mol. The van der Waals surface area contributed by atoms with Gasteiger partial charge in [-0.1, -0.05) is 41.9 Å². The zero-order valence-corrected chi connectivity index (χ0v) is 13.8. The first-order chi connectivity index (χ1) is 11.1. The molecule has 2 N–H and O–H groups in total. The Morgan fingerprint density at radius 1 is 1.17 bits per heavy atom. The van der Waals surface area contributed by atoms with Crippen LogP contribution in [-0.2, 0) is 11.3 Å². The van der Waals surface area contributed by atoms with Crippen LogP contribution in [0.25, 0.3) is 0 Å². The molecule has 2 atom stereocenters. The third-order valence-corrected chi connectivity index (χ3v) is 3.92. The summed E-state index contributed by atoms with van der Waals surface area (Å²) in [4.78, 5) is 0. The quantitative estimate of drug-likeness (QED) is 0.771. The minimum Gasteiger partial charge on any atom is -0.389 e. The molecule has 0 fully saturated rings. The SMILES string of the molecule is CC(NCC(O)COCc1ccccc1Cl)c1ccc(F)cc1. The molecule has 0 aliphatic carbocycles. The van der Waals surface area contributed by atoms with Crippen LogP contribution in [0.3, 0.4) is 0 Å². The van der Waals surface area contributed by atoms with Gasteiger partial charge in [0.25, 0.3) is 0 Å². The fraction of sp³-hybridized carbons (Fsp3) is 0.333. The van der Waals surface area contributed by atoms with Gasteiger partial charge < -0.3 is 15.2 Å². The molecule has 2 rings (SSSR count). The van der Waals surface area contributed by atoms with Crippen molar-refractivity contribution in [2.75, 3.05) is 13.2 Å². The highest BCUT2D eigenvalue weighted by atomic mass is 35.5. The molecule has 0 spiro atoms. The lowest BCUT2D eigenvalue weighted by Crippen LogP contribution is -2.32. The van der Waals surface area contributed by atoms with Crippen LogP contribution in [0.5, 0.6) is 0 Å². The van der Waals surface area contributed by atoms with Gasteiger partial charge in [-0.2, -0.15) is 0 Å². The van der Waals surface area contributed by atoms with Crippen molar-refractivity contribution in [3.8, 4) is 0 Å². The Kier molecular flexibility index (Phi) is 6.99. The highest BCUT2D eigenvalue weighted by Crippen LogP contribution is 2.16. The Morgan fingerprint density at radius 3 is 2.57 bits per heavy atom. The molecule has 2 aromatic rings. The number of benzene rings is 2. The number of aliphatic hydroxyl groups is 1. The fourth-order valence-electron chi connectivity index (χ4n) is 2.16. The lowest BCUT2D eigenvalue weighted by molar-refractivity contribution is 0.0278. The molecule has 0 heterocycles. The first kappa shape index (κ1) is 17.9. The average molecular weight is 338 g/mol. The number of nitrogens with one attached hydrogen (secondary N) is 1. The summed E-state index contributed by atoms with van der Waals surface area (Å²) in [6.07, 6.45) is -0.625. The maximum atomic E-state index is 12.9. The molecule has 0 radical (unpaired) electrons. The van der Waals surface area contributed by atoms with Crippen molar-refractivity contribution in [3.63, 3.8) is 0 Å². The number of rotatable bonds is 8. The lowest BCUT2D eigenvalue weighted by atomic mass is 10.1. The molecular weight excluding hydrogens is 317 g/mol. The van der Waals surface area contributed by atoms with Gasteiger partial charge in [0, 0.05) is 17.6 Å². The molecule has 0 aliphatic rings. The number of aliphatic hydroxyl groups excluding tert-OH is 1. The molecule has 23 heavy (non-hydrogen) atoms. The standard InChI is InChI=1S/C18H21ClFNO2/c1-13(14-6-8-16(20)9-7-14)21-10-17(22)12-23-11-15-4-2-3-5-18(15)19/h2-9,13,17,21-22H,10-12H2,1H3. The van der Waals surface area contributed by atoms with Crippen LogP contribution >= 0.6 is 11.6 Å². The molecular formula is C18H21ClFNO2. The molecule has 0 aromatic heterocycles. The van der Waals surface area contributed by atoms with Crippen molar-refractivity contribution in [1.29, 1.82) is 0 Å². The third-order valence-electron chi connectivity index (χ3n) is 3.56. The second-order valence-corrected chi connectivity index (χ2v) is 5.85. The van der Waals surface area contributed by atoms with E-state index in [1.165, 1.54) is 12.1 Å². The normalized spacial score (nSPS) is 13.7. The summed E-state index contributed by atoms with van der Waals surface area (Å²) in [6.45, 7) is 2.93. The van der Waals surface area contributed by atoms with Gasteiger partial charge in [-0.3, -0.25) is 0 Å². The van der Waals surface area contributed by atoms with Crippen molar-refractivity contribution in [3.05, 3.63) is 70.5 Å². The number of ether oxygens (including phenoxy) is 1. The maximum absolute atomic E-state index is 12.9. The van der Waals surface area contributed by atoms with E-state index in [9.17, 15) is 9.50 Å². The van der Waals surface area contributed by atoms with Crippen LogP contribution in [0.2, 0.25) is 5.02 Å². The highest BCUT2D eigenvalue weighted by Gasteiger charge is 2.09. The van der Waals surface area contributed by atoms with Crippen LogP contribution in [0.15, 0.2) is 48.5 Å². The van der Waals surface area contributed by atoms with Crippen LogP contribution in [0, 0.1) is 5.82 Å². The average Bonchev–Trinajstić information content (AvgIpc) is 2.55. The van der Waals surface area contributed by atoms with E-state index in [4.69, 9.17) is 16.3 Å². The Morgan fingerprint density at radius 2 is 1.87 bits per heavy atom.